The highest BCUT2D eigenvalue weighted by Gasteiger charge is 2.20. The third-order valence-corrected chi connectivity index (χ3v) is 4.44. The van der Waals surface area contributed by atoms with Gasteiger partial charge < -0.3 is 9.88 Å². The molecule has 0 amide bonds. The molecule has 0 saturated heterocycles. The van der Waals surface area contributed by atoms with E-state index < -0.39 is 0 Å². The highest BCUT2D eigenvalue weighted by atomic mass is 79.9. The first-order valence-corrected chi connectivity index (χ1v) is 7.79. The second kappa shape index (κ2) is 6.54. The molecule has 0 fully saturated rings. The van der Waals surface area contributed by atoms with Crippen LogP contribution >= 0.6 is 15.9 Å². The third kappa shape index (κ3) is 2.96. The van der Waals surface area contributed by atoms with Crippen molar-refractivity contribution in [2.45, 2.75) is 39.3 Å². The number of hydrogen-bond donors (Lipinski definition) is 1. The maximum atomic E-state index is 4.65. The van der Waals surface area contributed by atoms with Crippen LogP contribution in [-0.2, 0) is 26.4 Å². The van der Waals surface area contributed by atoms with Crippen LogP contribution in [0.2, 0.25) is 0 Å². The quantitative estimate of drug-likeness (QED) is 0.879. The Morgan fingerprint density at radius 1 is 1.40 bits per heavy atom. The van der Waals surface area contributed by atoms with Gasteiger partial charge in [0.15, 0.2) is 0 Å². The Kier molecular flexibility index (Phi) is 4.99. The van der Waals surface area contributed by atoms with Gasteiger partial charge in [-0.2, -0.15) is 5.10 Å². The first kappa shape index (κ1) is 15.3. The fraction of sp³-hybridized carbons (Fsp3) is 0.571. The smallest absolute Gasteiger partial charge is 0.0947 e. The number of halogens is 1. The summed E-state index contributed by atoms with van der Waals surface area (Å²) in [5.41, 5.74) is 3.41. The zero-order valence-electron chi connectivity index (χ0n) is 12.5. The van der Waals surface area contributed by atoms with Crippen LogP contribution in [0.3, 0.4) is 0 Å². The number of aryl methyl sites for hydroxylation is 3. The molecule has 2 aromatic rings. The average molecular weight is 340 g/mol. The second-order valence-corrected chi connectivity index (χ2v) is 5.68. The number of nitrogens with one attached hydrogen (secondary N) is 1. The Balaban J connectivity index is 2.29. The number of likely N-dealkylation sites (N-methyl/N-ethyl adjacent to an activating group) is 1. The van der Waals surface area contributed by atoms with Gasteiger partial charge in [0.05, 0.1) is 33.9 Å². The third-order valence-electron chi connectivity index (χ3n) is 3.52. The Labute approximate surface area is 128 Å². The standard InChI is InChI=1S/C14H22BrN5/c1-5-10-14(15)13(20(6-2)18-10)7-11(16-3)12-8-19(4)9-17-12/h8-9,11,16H,5-7H2,1-4H3. The van der Waals surface area contributed by atoms with Gasteiger partial charge in [0.1, 0.15) is 0 Å². The maximum absolute atomic E-state index is 4.65. The molecule has 1 N–H and O–H groups in total. The molecule has 110 valence electrons. The van der Waals surface area contributed by atoms with Gasteiger partial charge in [-0.1, -0.05) is 6.92 Å². The molecule has 1 atom stereocenters. The monoisotopic (exact) mass is 339 g/mol. The molecular weight excluding hydrogens is 318 g/mol. The lowest BCUT2D eigenvalue weighted by atomic mass is 10.1. The first-order valence-electron chi connectivity index (χ1n) is 6.99. The molecule has 0 radical (unpaired) electrons. The van der Waals surface area contributed by atoms with Crippen molar-refractivity contribution >= 4 is 15.9 Å². The van der Waals surface area contributed by atoms with E-state index in [1.807, 2.05) is 25.0 Å². The topological polar surface area (TPSA) is 47.7 Å². The number of aromatic nitrogens is 4. The van der Waals surface area contributed by atoms with Gasteiger partial charge in [-0.05, 0) is 36.3 Å². The number of hydrogen-bond acceptors (Lipinski definition) is 3. The van der Waals surface area contributed by atoms with Crippen LogP contribution in [0.4, 0.5) is 0 Å². The minimum atomic E-state index is 0.194. The van der Waals surface area contributed by atoms with Gasteiger partial charge in [-0.3, -0.25) is 4.68 Å². The van der Waals surface area contributed by atoms with E-state index in [9.17, 15) is 0 Å². The molecule has 6 heteroatoms. The molecule has 0 aliphatic rings. The maximum Gasteiger partial charge on any atom is 0.0947 e. The lowest BCUT2D eigenvalue weighted by molar-refractivity contribution is 0.531. The molecule has 1 unspecified atom stereocenters. The molecule has 0 aromatic carbocycles. The predicted molar refractivity (Wildman–Crippen MR) is 83.7 cm³/mol. The summed E-state index contributed by atoms with van der Waals surface area (Å²) in [4.78, 5) is 4.45. The minimum absolute atomic E-state index is 0.194. The zero-order valence-corrected chi connectivity index (χ0v) is 14.1. The Morgan fingerprint density at radius 2 is 2.15 bits per heavy atom. The highest BCUT2D eigenvalue weighted by Crippen LogP contribution is 2.26. The normalized spacial score (nSPS) is 12.8. The molecule has 2 aromatic heterocycles. The molecule has 0 bridgehead atoms. The van der Waals surface area contributed by atoms with E-state index >= 15 is 0 Å². The minimum Gasteiger partial charge on any atom is -0.340 e. The van der Waals surface area contributed by atoms with Crippen LogP contribution in [-0.4, -0.2) is 26.4 Å². The fourth-order valence-electron chi connectivity index (χ4n) is 2.37. The summed E-state index contributed by atoms with van der Waals surface area (Å²) >= 11 is 3.70. The van der Waals surface area contributed by atoms with Crippen molar-refractivity contribution in [2.24, 2.45) is 7.05 Å². The van der Waals surface area contributed by atoms with Crippen molar-refractivity contribution in [1.29, 1.82) is 0 Å². The average Bonchev–Trinajstić information content (AvgIpc) is 3.00. The summed E-state index contributed by atoms with van der Waals surface area (Å²) in [6.45, 7) is 5.13. The summed E-state index contributed by atoms with van der Waals surface area (Å²) < 4.78 is 5.19. The lowest BCUT2D eigenvalue weighted by Gasteiger charge is -2.15. The van der Waals surface area contributed by atoms with Gasteiger partial charge >= 0.3 is 0 Å². The number of rotatable bonds is 6. The summed E-state index contributed by atoms with van der Waals surface area (Å²) in [6, 6.07) is 0.194. The van der Waals surface area contributed by atoms with Crippen molar-refractivity contribution in [1.82, 2.24) is 24.6 Å². The van der Waals surface area contributed by atoms with Gasteiger partial charge in [-0.25, -0.2) is 4.98 Å². The van der Waals surface area contributed by atoms with E-state index in [4.69, 9.17) is 0 Å². The van der Waals surface area contributed by atoms with Crippen LogP contribution in [0.1, 0.15) is 37.0 Å². The predicted octanol–water partition coefficient (Wildman–Crippen LogP) is 2.46. The Morgan fingerprint density at radius 3 is 2.65 bits per heavy atom. The Bertz CT molecular complexity index is 572. The molecule has 0 aliphatic heterocycles. The summed E-state index contributed by atoms with van der Waals surface area (Å²) in [6.07, 6.45) is 5.70. The van der Waals surface area contributed by atoms with E-state index in [0.717, 1.165) is 35.2 Å². The van der Waals surface area contributed by atoms with E-state index in [0.29, 0.717) is 0 Å². The largest absolute Gasteiger partial charge is 0.340 e. The van der Waals surface area contributed by atoms with Crippen LogP contribution in [0.25, 0.3) is 0 Å². The molecule has 0 aliphatic carbocycles. The molecule has 20 heavy (non-hydrogen) atoms. The van der Waals surface area contributed by atoms with Gasteiger partial charge in [0.2, 0.25) is 0 Å². The Hall–Kier alpha value is -1.14. The van der Waals surface area contributed by atoms with Crippen molar-refractivity contribution in [3.63, 3.8) is 0 Å². The molecular formula is C14H22BrN5. The molecule has 0 spiro atoms. The van der Waals surface area contributed by atoms with Crippen molar-refractivity contribution in [3.05, 3.63) is 34.1 Å². The molecule has 2 heterocycles. The molecule has 0 saturated carbocycles. The zero-order chi connectivity index (χ0) is 14.7. The van der Waals surface area contributed by atoms with Crippen molar-refractivity contribution < 1.29 is 0 Å². The summed E-state index contributed by atoms with van der Waals surface area (Å²) in [5, 5.41) is 8.00. The summed E-state index contributed by atoms with van der Waals surface area (Å²) in [5.74, 6) is 0. The van der Waals surface area contributed by atoms with Crippen LogP contribution < -0.4 is 5.32 Å². The van der Waals surface area contributed by atoms with Crippen molar-refractivity contribution in [2.75, 3.05) is 7.05 Å². The lowest BCUT2D eigenvalue weighted by Crippen LogP contribution is -2.21. The van der Waals surface area contributed by atoms with Gasteiger partial charge in [-0.15, -0.1) is 0 Å². The number of nitrogens with zero attached hydrogens (tertiary/aromatic N) is 4. The van der Waals surface area contributed by atoms with E-state index in [-0.39, 0.29) is 6.04 Å². The molecule has 5 nitrogen and oxygen atoms in total. The van der Waals surface area contributed by atoms with Crippen LogP contribution in [0.5, 0.6) is 0 Å². The SMILES string of the molecule is CCc1nn(CC)c(CC(NC)c2cn(C)cn2)c1Br. The van der Waals surface area contributed by atoms with Gasteiger partial charge in [0.25, 0.3) is 0 Å². The van der Waals surface area contributed by atoms with Gasteiger partial charge in [0, 0.05) is 26.2 Å². The van der Waals surface area contributed by atoms with E-state index in [2.05, 4.69) is 56.1 Å². The fourth-order valence-corrected chi connectivity index (χ4v) is 3.10. The second-order valence-electron chi connectivity index (χ2n) is 4.89. The van der Waals surface area contributed by atoms with Crippen LogP contribution in [0, 0.1) is 0 Å². The van der Waals surface area contributed by atoms with Crippen molar-refractivity contribution in [3.8, 4) is 0 Å². The van der Waals surface area contributed by atoms with Crippen LogP contribution in [0.15, 0.2) is 17.0 Å². The summed E-state index contributed by atoms with van der Waals surface area (Å²) in [7, 11) is 3.96. The first-order chi connectivity index (χ1) is 9.60. The van der Waals surface area contributed by atoms with E-state index in [1.165, 1.54) is 5.69 Å². The number of imidazole rings is 1. The highest BCUT2D eigenvalue weighted by molar-refractivity contribution is 9.10. The molecule has 2 rings (SSSR count). The van der Waals surface area contributed by atoms with E-state index in [1.54, 1.807) is 0 Å².